The summed E-state index contributed by atoms with van der Waals surface area (Å²) >= 11 is 5.42. The van der Waals surface area contributed by atoms with Crippen LogP contribution in [0.5, 0.6) is 5.75 Å². The van der Waals surface area contributed by atoms with Gasteiger partial charge in [-0.3, -0.25) is 4.79 Å². The summed E-state index contributed by atoms with van der Waals surface area (Å²) in [5, 5.41) is 6.59. The van der Waals surface area contributed by atoms with E-state index in [1.165, 1.54) is 0 Å². The molecular formula is C23H25N3O4S. The van der Waals surface area contributed by atoms with Crippen molar-refractivity contribution in [2.24, 2.45) is 0 Å². The van der Waals surface area contributed by atoms with Crippen LogP contribution in [0.15, 0.2) is 59.8 Å². The van der Waals surface area contributed by atoms with Crippen LogP contribution in [0.1, 0.15) is 35.8 Å². The summed E-state index contributed by atoms with van der Waals surface area (Å²) in [6.45, 7) is 3.87. The normalized spacial score (nSPS) is 15.9. The highest BCUT2D eigenvalue weighted by molar-refractivity contribution is 7.80. The van der Waals surface area contributed by atoms with E-state index in [1.807, 2.05) is 25.1 Å². The van der Waals surface area contributed by atoms with E-state index < -0.39 is 12.0 Å². The number of allylic oxidation sites excluding steroid dienone is 1. The van der Waals surface area contributed by atoms with Gasteiger partial charge in [0.15, 0.2) is 5.11 Å². The Morgan fingerprint density at radius 3 is 2.65 bits per heavy atom. The molecule has 0 saturated heterocycles. The van der Waals surface area contributed by atoms with Crippen LogP contribution in [0.2, 0.25) is 0 Å². The minimum Gasteiger partial charge on any atom is -0.497 e. The van der Waals surface area contributed by atoms with Gasteiger partial charge in [0.2, 0.25) is 0 Å². The van der Waals surface area contributed by atoms with E-state index in [1.54, 1.807) is 56.3 Å². The first-order chi connectivity index (χ1) is 14.8. The van der Waals surface area contributed by atoms with E-state index in [-0.39, 0.29) is 12.5 Å². The highest BCUT2D eigenvalue weighted by Crippen LogP contribution is 2.32. The number of hydrogen-bond acceptors (Lipinski definition) is 5. The molecule has 2 aromatic carbocycles. The highest BCUT2D eigenvalue weighted by Gasteiger charge is 2.33. The van der Waals surface area contributed by atoms with Crippen LogP contribution >= 0.6 is 12.2 Å². The van der Waals surface area contributed by atoms with Crippen LogP contribution in [0.4, 0.5) is 5.69 Å². The smallest absolute Gasteiger partial charge is 0.338 e. The molecule has 1 unspecified atom stereocenters. The van der Waals surface area contributed by atoms with Gasteiger partial charge >= 0.3 is 5.97 Å². The maximum absolute atomic E-state index is 12.7. The molecule has 7 nitrogen and oxygen atoms in total. The number of hydrogen-bond donors (Lipinski definition) is 2. The van der Waals surface area contributed by atoms with Crippen LogP contribution < -0.4 is 15.4 Å². The largest absolute Gasteiger partial charge is 0.497 e. The Kier molecular flexibility index (Phi) is 6.91. The zero-order chi connectivity index (χ0) is 22.5. The van der Waals surface area contributed by atoms with Crippen molar-refractivity contribution in [3.05, 3.63) is 70.9 Å². The number of amides is 1. The van der Waals surface area contributed by atoms with Crippen molar-refractivity contribution in [1.29, 1.82) is 0 Å². The standard InChI is InChI=1S/C23H25N3O4S/c1-5-30-22(28)19-14(2)26(3)23(31)25-20(19)15-8-6-10-17(12-15)24-21(27)16-9-7-11-18(13-16)29-4/h6-13,20H,5H2,1-4H3,(H,24,27)(H,25,31). The van der Waals surface area contributed by atoms with Crippen molar-refractivity contribution in [2.75, 3.05) is 26.1 Å². The average Bonchev–Trinajstić information content (AvgIpc) is 2.77. The van der Waals surface area contributed by atoms with E-state index in [4.69, 9.17) is 21.7 Å². The summed E-state index contributed by atoms with van der Waals surface area (Å²) in [4.78, 5) is 27.1. The topological polar surface area (TPSA) is 79.9 Å². The maximum Gasteiger partial charge on any atom is 0.338 e. The molecular weight excluding hydrogens is 414 g/mol. The molecule has 31 heavy (non-hydrogen) atoms. The van der Waals surface area contributed by atoms with Gasteiger partial charge in [0.1, 0.15) is 5.75 Å². The fraction of sp³-hybridized carbons (Fsp3) is 0.261. The quantitative estimate of drug-likeness (QED) is 0.525. The van der Waals surface area contributed by atoms with Gasteiger partial charge < -0.3 is 25.0 Å². The van der Waals surface area contributed by atoms with Crippen molar-refractivity contribution >= 4 is 34.9 Å². The third-order valence-corrected chi connectivity index (χ3v) is 5.45. The van der Waals surface area contributed by atoms with Gasteiger partial charge in [-0.2, -0.15) is 0 Å². The van der Waals surface area contributed by atoms with Crippen LogP contribution in [0, 0.1) is 0 Å². The molecule has 1 heterocycles. The third-order valence-electron chi connectivity index (χ3n) is 5.06. The lowest BCUT2D eigenvalue weighted by atomic mass is 9.95. The Labute approximate surface area is 187 Å². The minimum atomic E-state index is -0.489. The first kappa shape index (κ1) is 22.3. The molecule has 162 valence electrons. The van der Waals surface area contributed by atoms with Crippen LogP contribution in [0.25, 0.3) is 0 Å². The number of rotatable bonds is 6. The zero-order valence-electron chi connectivity index (χ0n) is 17.9. The van der Waals surface area contributed by atoms with Crippen molar-refractivity contribution in [2.45, 2.75) is 19.9 Å². The molecule has 2 aromatic rings. The predicted octanol–water partition coefficient (Wildman–Crippen LogP) is 3.65. The summed E-state index contributed by atoms with van der Waals surface area (Å²) in [7, 11) is 3.35. The first-order valence-electron chi connectivity index (χ1n) is 9.83. The van der Waals surface area contributed by atoms with Crippen molar-refractivity contribution < 1.29 is 19.1 Å². The van der Waals surface area contributed by atoms with E-state index in [9.17, 15) is 9.59 Å². The predicted molar refractivity (Wildman–Crippen MR) is 123 cm³/mol. The molecule has 8 heteroatoms. The van der Waals surface area contributed by atoms with Gasteiger partial charge in [-0.05, 0) is 62.0 Å². The average molecular weight is 440 g/mol. The lowest BCUT2D eigenvalue weighted by molar-refractivity contribution is -0.139. The molecule has 3 rings (SSSR count). The van der Waals surface area contributed by atoms with Crippen molar-refractivity contribution in [3.63, 3.8) is 0 Å². The van der Waals surface area contributed by atoms with Crippen LogP contribution in [-0.2, 0) is 9.53 Å². The van der Waals surface area contributed by atoms with E-state index in [2.05, 4.69) is 10.6 Å². The number of nitrogens with zero attached hydrogens (tertiary/aromatic N) is 1. The maximum atomic E-state index is 12.7. The monoisotopic (exact) mass is 439 g/mol. The van der Waals surface area contributed by atoms with Crippen molar-refractivity contribution in [3.8, 4) is 5.75 Å². The van der Waals surface area contributed by atoms with Crippen LogP contribution in [0.3, 0.4) is 0 Å². The molecule has 1 aliphatic heterocycles. The molecule has 0 spiro atoms. The summed E-state index contributed by atoms with van der Waals surface area (Å²) in [6.07, 6.45) is 0. The summed E-state index contributed by atoms with van der Waals surface area (Å²) in [5.41, 5.74) is 3.05. The second-order valence-electron chi connectivity index (χ2n) is 6.97. The molecule has 0 aliphatic carbocycles. The van der Waals surface area contributed by atoms with Gasteiger partial charge in [0.05, 0.1) is 25.3 Å². The van der Waals surface area contributed by atoms with E-state index in [0.29, 0.717) is 27.7 Å². The number of carbonyl (C=O) groups is 2. The highest BCUT2D eigenvalue weighted by atomic mass is 32.1. The molecule has 2 N–H and O–H groups in total. The number of carbonyl (C=O) groups excluding carboxylic acids is 2. The number of anilines is 1. The molecule has 0 radical (unpaired) electrons. The molecule has 0 fully saturated rings. The fourth-order valence-electron chi connectivity index (χ4n) is 3.32. The van der Waals surface area contributed by atoms with Gasteiger partial charge in [0, 0.05) is 24.0 Å². The van der Waals surface area contributed by atoms with Gasteiger partial charge in [-0.1, -0.05) is 18.2 Å². The summed E-state index contributed by atoms with van der Waals surface area (Å²) < 4.78 is 10.5. The van der Waals surface area contributed by atoms with E-state index >= 15 is 0 Å². The second-order valence-corrected chi connectivity index (χ2v) is 7.36. The summed E-state index contributed by atoms with van der Waals surface area (Å²) in [5.74, 6) is -0.0666. The Hall–Kier alpha value is -3.39. The number of benzene rings is 2. The van der Waals surface area contributed by atoms with Crippen LogP contribution in [-0.4, -0.2) is 42.7 Å². The zero-order valence-corrected chi connectivity index (χ0v) is 18.7. The number of esters is 1. The Morgan fingerprint density at radius 1 is 1.19 bits per heavy atom. The SMILES string of the molecule is CCOC(=O)C1=C(C)N(C)C(=S)NC1c1cccc(NC(=O)c2cccc(OC)c2)c1. The number of ether oxygens (including phenoxy) is 2. The molecule has 0 saturated carbocycles. The third kappa shape index (κ3) is 4.86. The summed E-state index contributed by atoms with van der Waals surface area (Å²) in [6, 6.07) is 13.7. The minimum absolute atomic E-state index is 0.264. The number of thiocarbonyl (C=S) groups is 1. The Balaban J connectivity index is 1.91. The van der Waals surface area contributed by atoms with Gasteiger partial charge in [-0.15, -0.1) is 0 Å². The van der Waals surface area contributed by atoms with Crippen molar-refractivity contribution in [1.82, 2.24) is 10.2 Å². The van der Waals surface area contributed by atoms with E-state index in [0.717, 1.165) is 11.3 Å². The lowest BCUT2D eigenvalue weighted by Crippen LogP contribution is -2.46. The molecule has 1 aliphatic rings. The van der Waals surface area contributed by atoms with Gasteiger partial charge in [0.25, 0.3) is 5.91 Å². The number of methoxy groups -OCH3 is 1. The number of nitrogens with one attached hydrogen (secondary N) is 2. The fourth-order valence-corrected chi connectivity index (χ4v) is 3.58. The first-order valence-corrected chi connectivity index (χ1v) is 10.2. The van der Waals surface area contributed by atoms with Gasteiger partial charge in [-0.25, -0.2) is 4.79 Å². The Morgan fingerprint density at radius 2 is 1.94 bits per heavy atom. The molecule has 1 atom stereocenters. The molecule has 1 amide bonds. The Bertz CT molecular complexity index is 1050. The molecule has 0 bridgehead atoms. The lowest BCUT2D eigenvalue weighted by Gasteiger charge is -2.35. The molecule has 0 aromatic heterocycles. The second kappa shape index (κ2) is 9.61.